The van der Waals surface area contributed by atoms with Crippen molar-refractivity contribution in [3.63, 3.8) is 0 Å². The molecule has 0 aliphatic rings. The molecule has 0 aromatic carbocycles. The Kier molecular flexibility index (Phi) is 5.23. The van der Waals surface area contributed by atoms with E-state index in [0.717, 1.165) is 0 Å². The normalized spacial score (nSPS) is 14.3. The zero-order valence-electron chi connectivity index (χ0n) is 9.77. The largest absolute Gasteiger partial charge is 0.468 e. The van der Waals surface area contributed by atoms with Crippen LogP contribution in [0.25, 0.3) is 0 Å². The second kappa shape index (κ2) is 5.46. The van der Waals surface area contributed by atoms with Gasteiger partial charge < -0.3 is 4.74 Å². The van der Waals surface area contributed by atoms with Crippen molar-refractivity contribution in [3.05, 3.63) is 0 Å². The van der Waals surface area contributed by atoms with Crippen molar-refractivity contribution in [3.8, 4) is 0 Å². The Morgan fingerprint density at radius 2 is 1.67 bits per heavy atom. The number of ether oxygens (including phenoxy) is 1. The number of carbonyl (C=O) groups excluding carboxylic acids is 1. The van der Waals surface area contributed by atoms with E-state index in [1.54, 1.807) is 27.7 Å². The van der Waals surface area contributed by atoms with Crippen molar-refractivity contribution < 1.29 is 17.9 Å². The summed E-state index contributed by atoms with van der Waals surface area (Å²) in [6, 6.07) is -0.817. The average molecular weight is 237 g/mol. The molecule has 0 radical (unpaired) electrons. The topological polar surface area (TPSA) is 72.5 Å². The molecule has 0 aliphatic carbocycles. The lowest BCUT2D eigenvalue weighted by Crippen LogP contribution is -2.47. The summed E-state index contributed by atoms with van der Waals surface area (Å²) in [5.74, 6) is -0.708. The van der Waals surface area contributed by atoms with E-state index >= 15 is 0 Å². The summed E-state index contributed by atoms with van der Waals surface area (Å²) in [6.45, 7) is 6.61. The number of methoxy groups -OCH3 is 1. The minimum absolute atomic E-state index is 0.147. The van der Waals surface area contributed by atoms with Crippen LogP contribution in [-0.4, -0.2) is 32.8 Å². The number of hydrogen-bond acceptors (Lipinski definition) is 4. The molecule has 0 aromatic rings. The molecule has 90 valence electrons. The molecular formula is C9H19NO4S. The highest BCUT2D eigenvalue weighted by Crippen LogP contribution is 2.07. The first-order valence-electron chi connectivity index (χ1n) is 4.81. The van der Waals surface area contributed by atoms with Gasteiger partial charge in [0.15, 0.2) is 0 Å². The van der Waals surface area contributed by atoms with Gasteiger partial charge in [-0.15, -0.1) is 0 Å². The molecular weight excluding hydrogens is 218 g/mol. The minimum Gasteiger partial charge on any atom is -0.468 e. The van der Waals surface area contributed by atoms with Gasteiger partial charge in [0.25, 0.3) is 0 Å². The van der Waals surface area contributed by atoms with Gasteiger partial charge >= 0.3 is 5.97 Å². The Balaban J connectivity index is 4.78. The summed E-state index contributed by atoms with van der Waals surface area (Å²) in [5.41, 5.74) is 0. The number of sulfonamides is 1. The molecule has 1 unspecified atom stereocenters. The molecule has 0 saturated carbocycles. The van der Waals surface area contributed by atoms with Crippen LogP contribution >= 0.6 is 0 Å². The molecule has 5 nitrogen and oxygen atoms in total. The van der Waals surface area contributed by atoms with Crippen LogP contribution in [0.2, 0.25) is 0 Å². The number of esters is 1. The second-order valence-corrected chi connectivity index (χ2v) is 6.22. The highest BCUT2D eigenvalue weighted by atomic mass is 32.2. The second-order valence-electron chi connectivity index (χ2n) is 3.96. The third-order valence-electron chi connectivity index (χ3n) is 2.03. The van der Waals surface area contributed by atoms with Crippen LogP contribution in [-0.2, 0) is 19.6 Å². The minimum atomic E-state index is -3.45. The van der Waals surface area contributed by atoms with Crippen molar-refractivity contribution in [2.45, 2.75) is 39.0 Å². The lowest BCUT2D eigenvalue weighted by Gasteiger charge is -2.20. The van der Waals surface area contributed by atoms with Gasteiger partial charge in [0.2, 0.25) is 10.0 Å². The maximum Gasteiger partial charge on any atom is 0.324 e. The van der Waals surface area contributed by atoms with Crippen LogP contribution in [0.1, 0.15) is 27.7 Å². The molecule has 6 heteroatoms. The van der Waals surface area contributed by atoms with Gasteiger partial charge in [0, 0.05) is 0 Å². The predicted molar refractivity (Wildman–Crippen MR) is 57.8 cm³/mol. The molecule has 15 heavy (non-hydrogen) atoms. The molecule has 0 saturated heterocycles. The van der Waals surface area contributed by atoms with Crippen LogP contribution in [0.4, 0.5) is 0 Å². The Morgan fingerprint density at radius 3 is 1.93 bits per heavy atom. The monoisotopic (exact) mass is 237 g/mol. The summed E-state index contributed by atoms with van der Waals surface area (Å²) in [4.78, 5) is 11.3. The molecule has 1 atom stereocenters. The van der Waals surface area contributed by atoms with Gasteiger partial charge in [-0.1, -0.05) is 13.8 Å². The van der Waals surface area contributed by atoms with Crippen LogP contribution in [0.3, 0.4) is 0 Å². The Hall–Kier alpha value is -0.620. The number of hydrogen-bond donors (Lipinski definition) is 1. The molecule has 0 aromatic heterocycles. The number of rotatable bonds is 5. The fourth-order valence-electron chi connectivity index (χ4n) is 0.896. The third-order valence-corrected chi connectivity index (χ3v) is 3.86. The SMILES string of the molecule is COC(=O)C(NS(=O)(=O)C(C)C)C(C)C. The summed E-state index contributed by atoms with van der Waals surface area (Å²) >= 11 is 0. The van der Waals surface area contributed by atoms with Gasteiger partial charge in [-0.2, -0.15) is 0 Å². The van der Waals surface area contributed by atoms with Crippen LogP contribution in [0.5, 0.6) is 0 Å². The van der Waals surface area contributed by atoms with Crippen LogP contribution in [0, 0.1) is 5.92 Å². The van der Waals surface area contributed by atoms with Crippen molar-refractivity contribution in [1.82, 2.24) is 4.72 Å². The Morgan fingerprint density at radius 1 is 1.20 bits per heavy atom. The lowest BCUT2D eigenvalue weighted by molar-refractivity contribution is -0.143. The summed E-state index contributed by atoms with van der Waals surface area (Å²) in [6.07, 6.45) is 0. The molecule has 0 bridgehead atoms. The van der Waals surface area contributed by atoms with Crippen LogP contribution in [0.15, 0.2) is 0 Å². The maximum absolute atomic E-state index is 11.5. The number of carbonyl (C=O) groups is 1. The molecule has 0 aliphatic heterocycles. The standard InChI is InChI=1S/C9H19NO4S/c1-6(2)8(9(11)14-5)10-15(12,13)7(3)4/h6-8,10H,1-5H3. The summed E-state index contributed by atoms with van der Waals surface area (Å²) < 4.78 is 30.0. The van der Waals surface area contributed by atoms with E-state index in [1.165, 1.54) is 7.11 Å². The summed E-state index contributed by atoms with van der Waals surface area (Å²) in [5, 5.41) is -0.566. The smallest absolute Gasteiger partial charge is 0.324 e. The Bertz CT molecular complexity index is 308. The van der Waals surface area contributed by atoms with Gasteiger partial charge in [0.1, 0.15) is 6.04 Å². The van der Waals surface area contributed by atoms with Crippen LogP contribution < -0.4 is 4.72 Å². The molecule has 1 N–H and O–H groups in total. The van der Waals surface area contributed by atoms with Crippen molar-refractivity contribution in [1.29, 1.82) is 0 Å². The average Bonchev–Trinajstić information content (AvgIpc) is 2.12. The van der Waals surface area contributed by atoms with E-state index in [-0.39, 0.29) is 5.92 Å². The zero-order valence-corrected chi connectivity index (χ0v) is 10.6. The molecule has 0 rings (SSSR count). The van der Waals surface area contributed by atoms with Gasteiger partial charge in [0.05, 0.1) is 12.4 Å². The summed E-state index contributed by atoms with van der Waals surface area (Å²) in [7, 11) is -2.21. The highest BCUT2D eigenvalue weighted by molar-refractivity contribution is 7.90. The first kappa shape index (κ1) is 14.4. The molecule has 0 heterocycles. The van der Waals surface area contributed by atoms with E-state index < -0.39 is 27.3 Å². The molecule has 0 spiro atoms. The fourth-order valence-corrected chi connectivity index (χ4v) is 1.89. The maximum atomic E-state index is 11.5. The third kappa shape index (κ3) is 4.17. The van der Waals surface area contributed by atoms with Gasteiger partial charge in [-0.05, 0) is 19.8 Å². The van der Waals surface area contributed by atoms with E-state index in [4.69, 9.17) is 0 Å². The van der Waals surface area contributed by atoms with Crippen molar-refractivity contribution >= 4 is 16.0 Å². The van der Waals surface area contributed by atoms with E-state index in [0.29, 0.717) is 0 Å². The quantitative estimate of drug-likeness (QED) is 0.707. The van der Waals surface area contributed by atoms with E-state index in [9.17, 15) is 13.2 Å². The Labute approximate surface area is 91.2 Å². The van der Waals surface area contributed by atoms with E-state index in [1.807, 2.05) is 0 Å². The first-order valence-corrected chi connectivity index (χ1v) is 6.36. The van der Waals surface area contributed by atoms with Gasteiger partial charge in [-0.3, -0.25) is 4.79 Å². The first-order chi connectivity index (χ1) is 6.72. The predicted octanol–water partition coefficient (Wildman–Crippen LogP) is 0.512. The molecule has 0 amide bonds. The highest BCUT2D eigenvalue weighted by Gasteiger charge is 2.29. The lowest BCUT2D eigenvalue weighted by atomic mass is 10.1. The fraction of sp³-hybridized carbons (Fsp3) is 0.889. The zero-order chi connectivity index (χ0) is 12.2. The van der Waals surface area contributed by atoms with E-state index in [2.05, 4.69) is 9.46 Å². The van der Waals surface area contributed by atoms with Crippen molar-refractivity contribution in [2.24, 2.45) is 5.92 Å². The molecule has 0 fully saturated rings. The number of nitrogens with one attached hydrogen (secondary N) is 1. The van der Waals surface area contributed by atoms with Crippen molar-refractivity contribution in [2.75, 3.05) is 7.11 Å². The van der Waals surface area contributed by atoms with Gasteiger partial charge in [-0.25, -0.2) is 13.1 Å².